The third kappa shape index (κ3) is 1.12. The van der Waals surface area contributed by atoms with Gasteiger partial charge in [0.05, 0.1) is 5.52 Å². The van der Waals surface area contributed by atoms with Gasteiger partial charge in [0.1, 0.15) is 11.5 Å². The van der Waals surface area contributed by atoms with Gasteiger partial charge in [-0.1, -0.05) is 0 Å². The molecular weight excluding hydrogens is 226 g/mol. The van der Waals surface area contributed by atoms with E-state index in [9.17, 15) is 4.79 Å². The van der Waals surface area contributed by atoms with E-state index >= 15 is 0 Å². The van der Waals surface area contributed by atoms with Crippen molar-refractivity contribution in [2.45, 2.75) is 34.6 Å². The first-order valence-corrected chi connectivity index (χ1v) is 6.02. The topological polar surface area (TPSA) is 47.3 Å². The van der Waals surface area contributed by atoms with E-state index in [-0.39, 0.29) is 5.43 Å². The van der Waals surface area contributed by atoms with Crippen LogP contribution in [0, 0.1) is 34.6 Å². The summed E-state index contributed by atoms with van der Waals surface area (Å²) in [6.45, 7) is 9.80. The quantitative estimate of drug-likeness (QED) is 0.606. The Morgan fingerprint density at radius 1 is 0.778 bits per heavy atom. The summed E-state index contributed by atoms with van der Waals surface area (Å²) in [5.74, 6) is 0.644. The van der Waals surface area contributed by atoms with E-state index in [0.717, 1.165) is 27.9 Å². The summed E-state index contributed by atoms with van der Waals surface area (Å²) in [7, 11) is 0. The third-order valence-electron chi connectivity index (χ3n) is 3.90. The molecule has 0 aromatic carbocycles. The van der Waals surface area contributed by atoms with E-state index in [0.29, 0.717) is 11.5 Å². The van der Waals surface area contributed by atoms with Gasteiger partial charge >= 0.3 is 0 Å². The Bertz CT molecular complexity index is 846. The lowest BCUT2D eigenvalue weighted by atomic mass is 10.1. The molecule has 0 aliphatic carbocycles. The maximum atomic E-state index is 12.3. The minimum atomic E-state index is 0.00509. The number of hydrogen-bond acceptors (Lipinski definition) is 3. The number of aryl methyl sites for hydroxylation is 4. The molecule has 3 heterocycles. The Morgan fingerprint density at radius 2 is 1.33 bits per heavy atom. The van der Waals surface area contributed by atoms with E-state index in [2.05, 4.69) is 16.9 Å². The van der Waals surface area contributed by atoms with Crippen molar-refractivity contribution < 1.29 is 0 Å². The first kappa shape index (κ1) is 11.1. The first-order chi connectivity index (χ1) is 8.43. The predicted molar refractivity (Wildman–Crippen MR) is 71.6 cm³/mol. The zero-order valence-corrected chi connectivity index (χ0v) is 11.2. The molecule has 0 amide bonds. The van der Waals surface area contributed by atoms with Gasteiger partial charge in [-0.15, -0.1) is 0 Å². The molecular formula is C14H15N3O. The Morgan fingerprint density at radius 3 is 2.00 bits per heavy atom. The fourth-order valence-electron chi connectivity index (χ4n) is 2.63. The predicted octanol–water partition coefficient (Wildman–Crippen LogP) is 2.22. The molecule has 0 N–H and O–H groups in total. The van der Waals surface area contributed by atoms with Crippen molar-refractivity contribution in [1.82, 2.24) is 14.4 Å². The van der Waals surface area contributed by atoms with Crippen molar-refractivity contribution in [3.63, 3.8) is 0 Å². The first-order valence-electron chi connectivity index (χ1n) is 6.02. The van der Waals surface area contributed by atoms with Gasteiger partial charge in [-0.3, -0.25) is 9.20 Å². The Hall–Kier alpha value is -1.97. The molecule has 92 valence electrons. The van der Waals surface area contributed by atoms with Crippen molar-refractivity contribution in [3.05, 3.63) is 38.3 Å². The van der Waals surface area contributed by atoms with Crippen molar-refractivity contribution in [3.8, 4) is 0 Å². The Labute approximate surface area is 105 Å². The molecule has 0 saturated carbocycles. The minimum Gasteiger partial charge on any atom is -0.285 e. The monoisotopic (exact) mass is 241 g/mol. The average Bonchev–Trinajstić information content (AvgIpc) is 2.58. The summed E-state index contributed by atoms with van der Waals surface area (Å²) in [5.41, 5.74) is 6.54. The summed E-state index contributed by atoms with van der Waals surface area (Å²) >= 11 is 0. The molecule has 3 rings (SSSR count). The van der Waals surface area contributed by atoms with Gasteiger partial charge in [-0.25, -0.2) is 9.97 Å². The van der Waals surface area contributed by atoms with Gasteiger partial charge in [-0.2, -0.15) is 0 Å². The number of hydrogen-bond donors (Lipinski definition) is 0. The molecule has 0 saturated heterocycles. The zero-order chi connectivity index (χ0) is 13.2. The third-order valence-corrected chi connectivity index (χ3v) is 3.90. The second kappa shape index (κ2) is 3.28. The van der Waals surface area contributed by atoms with Crippen LogP contribution in [0.2, 0.25) is 0 Å². The molecule has 0 radical (unpaired) electrons. The molecule has 3 aromatic rings. The van der Waals surface area contributed by atoms with Crippen LogP contribution >= 0.6 is 0 Å². The van der Waals surface area contributed by atoms with E-state index in [1.54, 1.807) is 0 Å². The van der Waals surface area contributed by atoms with Crippen molar-refractivity contribution in [1.29, 1.82) is 0 Å². The standard InChI is InChI=1S/C14H15N3O/c1-6-8(3)12(18)14-16-10(5)15-13-9(4)7(2)11(6)17(13)14/h1-5H3. The lowest BCUT2D eigenvalue weighted by Gasteiger charge is -2.07. The zero-order valence-electron chi connectivity index (χ0n) is 11.2. The maximum Gasteiger partial charge on any atom is 0.224 e. The van der Waals surface area contributed by atoms with Gasteiger partial charge in [0, 0.05) is 5.56 Å². The molecule has 0 spiro atoms. The van der Waals surface area contributed by atoms with Crippen LogP contribution in [-0.2, 0) is 0 Å². The second-order valence-electron chi connectivity index (χ2n) is 4.93. The van der Waals surface area contributed by atoms with Crippen LogP contribution in [0.25, 0.3) is 16.8 Å². The highest BCUT2D eigenvalue weighted by atomic mass is 16.1. The molecule has 0 bridgehead atoms. The van der Waals surface area contributed by atoms with E-state index in [1.807, 2.05) is 32.1 Å². The molecule has 3 aromatic heterocycles. The van der Waals surface area contributed by atoms with Crippen LogP contribution in [0.4, 0.5) is 0 Å². The van der Waals surface area contributed by atoms with Gasteiger partial charge in [0.25, 0.3) is 0 Å². The fourth-order valence-corrected chi connectivity index (χ4v) is 2.63. The van der Waals surface area contributed by atoms with Crippen molar-refractivity contribution in [2.24, 2.45) is 0 Å². The molecule has 18 heavy (non-hydrogen) atoms. The van der Waals surface area contributed by atoms with Crippen LogP contribution in [0.3, 0.4) is 0 Å². The van der Waals surface area contributed by atoms with Crippen LogP contribution < -0.4 is 5.43 Å². The molecule has 0 atom stereocenters. The number of rotatable bonds is 0. The lowest BCUT2D eigenvalue weighted by Crippen LogP contribution is -2.15. The summed E-state index contributed by atoms with van der Waals surface area (Å²) in [4.78, 5) is 21.1. The van der Waals surface area contributed by atoms with Crippen molar-refractivity contribution in [2.75, 3.05) is 0 Å². The van der Waals surface area contributed by atoms with E-state index in [1.165, 1.54) is 5.56 Å². The number of pyridine rings is 1. The molecule has 4 nitrogen and oxygen atoms in total. The van der Waals surface area contributed by atoms with Gasteiger partial charge in [-0.05, 0) is 51.3 Å². The minimum absolute atomic E-state index is 0.00509. The maximum absolute atomic E-state index is 12.3. The molecule has 4 heteroatoms. The van der Waals surface area contributed by atoms with Gasteiger partial charge < -0.3 is 0 Å². The largest absolute Gasteiger partial charge is 0.285 e. The molecule has 0 aliphatic heterocycles. The normalized spacial score (nSPS) is 11.8. The van der Waals surface area contributed by atoms with E-state index in [4.69, 9.17) is 0 Å². The molecule has 0 aliphatic rings. The second-order valence-corrected chi connectivity index (χ2v) is 4.93. The highest BCUT2D eigenvalue weighted by molar-refractivity contribution is 5.79. The number of nitrogens with zero attached hydrogens (tertiary/aromatic N) is 3. The summed E-state index contributed by atoms with van der Waals surface area (Å²) in [6, 6.07) is 0. The molecule has 0 unspecified atom stereocenters. The summed E-state index contributed by atoms with van der Waals surface area (Å²) < 4.78 is 1.91. The SMILES string of the molecule is Cc1nc2c(C)c(C)c3c(C)c(C)c(=O)c(n1)n23. The number of aromatic nitrogens is 3. The molecule has 0 fully saturated rings. The highest BCUT2D eigenvalue weighted by Crippen LogP contribution is 2.27. The van der Waals surface area contributed by atoms with Gasteiger partial charge in [0.15, 0.2) is 5.65 Å². The lowest BCUT2D eigenvalue weighted by molar-refractivity contribution is 1.01. The van der Waals surface area contributed by atoms with Crippen LogP contribution in [0.15, 0.2) is 4.79 Å². The Kier molecular flexibility index (Phi) is 2.03. The Balaban J connectivity index is 2.83. The fraction of sp³-hybridized carbons (Fsp3) is 0.357. The van der Waals surface area contributed by atoms with E-state index < -0.39 is 0 Å². The summed E-state index contributed by atoms with van der Waals surface area (Å²) in [6.07, 6.45) is 0. The van der Waals surface area contributed by atoms with Crippen molar-refractivity contribution >= 4 is 16.8 Å². The summed E-state index contributed by atoms with van der Waals surface area (Å²) in [5, 5.41) is 0. The van der Waals surface area contributed by atoms with Crippen LogP contribution in [-0.4, -0.2) is 14.4 Å². The average molecular weight is 241 g/mol. The highest BCUT2D eigenvalue weighted by Gasteiger charge is 2.19. The van der Waals surface area contributed by atoms with Gasteiger partial charge in [0.2, 0.25) is 5.43 Å². The van der Waals surface area contributed by atoms with Crippen LogP contribution in [0.1, 0.15) is 28.1 Å². The van der Waals surface area contributed by atoms with Crippen LogP contribution in [0.5, 0.6) is 0 Å². The smallest absolute Gasteiger partial charge is 0.224 e.